The van der Waals surface area contributed by atoms with Crippen molar-refractivity contribution in [2.45, 2.75) is 25.1 Å². The largest absolute Gasteiger partial charge is 0.435 e. The first-order valence-electron chi connectivity index (χ1n) is 6.37. The van der Waals surface area contributed by atoms with E-state index in [1.165, 1.54) is 16.9 Å². The minimum absolute atomic E-state index is 0.0398. The summed E-state index contributed by atoms with van der Waals surface area (Å²) in [6.45, 7) is 0.424. The SMILES string of the molecule is NCC(Nc1nccn2nc(C(F)(F)F)cc12)C1CC1. The molecule has 108 valence electrons. The fraction of sp³-hybridized carbons (Fsp3) is 0.500. The maximum atomic E-state index is 12.7. The van der Waals surface area contributed by atoms with Gasteiger partial charge in [0, 0.05) is 31.0 Å². The van der Waals surface area contributed by atoms with Gasteiger partial charge in [0.25, 0.3) is 0 Å². The van der Waals surface area contributed by atoms with Crippen molar-refractivity contribution in [3.63, 3.8) is 0 Å². The molecule has 3 N–H and O–H groups in total. The number of nitrogens with zero attached hydrogens (tertiary/aromatic N) is 3. The highest BCUT2D eigenvalue weighted by Crippen LogP contribution is 2.35. The van der Waals surface area contributed by atoms with Crippen LogP contribution in [0, 0.1) is 5.92 Å². The van der Waals surface area contributed by atoms with Crippen molar-refractivity contribution in [2.24, 2.45) is 11.7 Å². The summed E-state index contributed by atoms with van der Waals surface area (Å²) >= 11 is 0. The number of aromatic nitrogens is 3. The third-order valence-electron chi connectivity index (χ3n) is 3.45. The highest BCUT2D eigenvalue weighted by Gasteiger charge is 2.35. The number of hydrogen-bond acceptors (Lipinski definition) is 4. The van der Waals surface area contributed by atoms with Crippen molar-refractivity contribution in [1.29, 1.82) is 0 Å². The molecular weight excluding hydrogens is 271 g/mol. The van der Waals surface area contributed by atoms with Crippen molar-refractivity contribution < 1.29 is 13.2 Å². The Hall–Kier alpha value is -1.83. The Balaban J connectivity index is 1.96. The van der Waals surface area contributed by atoms with Gasteiger partial charge in [0.2, 0.25) is 0 Å². The Morgan fingerprint density at radius 1 is 1.45 bits per heavy atom. The Bertz CT molecular complexity index is 617. The van der Waals surface area contributed by atoms with Gasteiger partial charge in [0.05, 0.1) is 0 Å². The first kappa shape index (κ1) is 13.2. The van der Waals surface area contributed by atoms with E-state index in [4.69, 9.17) is 5.73 Å². The molecule has 1 unspecified atom stereocenters. The van der Waals surface area contributed by atoms with Crippen LogP contribution in [-0.4, -0.2) is 27.2 Å². The van der Waals surface area contributed by atoms with Crippen LogP contribution >= 0.6 is 0 Å². The van der Waals surface area contributed by atoms with Crippen LogP contribution in [0.5, 0.6) is 0 Å². The molecule has 1 fully saturated rings. The van der Waals surface area contributed by atoms with Gasteiger partial charge in [0.1, 0.15) is 5.52 Å². The van der Waals surface area contributed by atoms with Crippen LogP contribution in [0.1, 0.15) is 18.5 Å². The number of nitrogens with two attached hydrogens (primary N) is 1. The molecule has 3 rings (SSSR count). The zero-order valence-electron chi connectivity index (χ0n) is 10.6. The lowest BCUT2D eigenvalue weighted by atomic mass is 10.2. The van der Waals surface area contributed by atoms with E-state index in [0.717, 1.165) is 18.9 Å². The molecule has 1 saturated carbocycles. The van der Waals surface area contributed by atoms with Gasteiger partial charge in [-0.25, -0.2) is 9.50 Å². The highest BCUT2D eigenvalue weighted by molar-refractivity contribution is 5.68. The zero-order chi connectivity index (χ0) is 14.3. The van der Waals surface area contributed by atoms with Crippen molar-refractivity contribution in [3.05, 3.63) is 24.2 Å². The normalized spacial score (nSPS) is 17.4. The van der Waals surface area contributed by atoms with Crippen molar-refractivity contribution in [2.75, 3.05) is 11.9 Å². The number of fused-ring (bicyclic) bond motifs is 1. The monoisotopic (exact) mass is 285 g/mol. The number of alkyl halides is 3. The third-order valence-corrected chi connectivity index (χ3v) is 3.45. The number of anilines is 1. The first-order valence-corrected chi connectivity index (χ1v) is 6.37. The minimum Gasteiger partial charge on any atom is -0.364 e. The molecule has 2 heterocycles. The predicted octanol–water partition coefficient (Wildman–Crippen LogP) is 1.90. The lowest BCUT2D eigenvalue weighted by molar-refractivity contribution is -0.141. The third kappa shape index (κ3) is 2.43. The van der Waals surface area contributed by atoms with E-state index in [1.807, 2.05) is 0 Å². The molecule has 0 bridgehead atoms. The van der Waals surface area contributed by atoms with Crippen LogP contribution in [0.2, 0.25) is 0 Å². The summed E-state index contributed by atoms with van der Waals surface area (Å²) in [6.07, 6.45) is 0.524. The maximum Gasteiger partial charge on any atom is 0.435 e. The second kappa shape index (κ2) is 4.62. The quantitative estimate of drug-likeness (QED) is 0.900. The van der Waals surface area contributed by atoms with Gasteiger partial charge < -0.3 is 11.1 Å². The van der Waals surface area contributed by atoms with Crippen LogP contribution in [-0.2, 0) is 6.18 Å². The van der Waals surface area contributed by atoms with Gasteiger partial charge in [-0.05, 0) is 18.8 Å². The minimum atomic E-state index is -4.47. The number of hydrogen-bond donors (Lipinski definition) is 2. The number of nitrogens with one attached hydrogen (secondary N) is 1. The molecule has 0 spiro atoms. The molecule has 0 radical (unpaired) electrons. The number of halogens is 3. The number of rotatable bonds is 4. The average molecular weight is 285 g/mol. The van der Waals surface area contributed by atoms with E-state index in [9.17, 15) is 13.2 Å². The molecule has 5 nitrogen and oxygen atoms in total. The standard InChI is InChI=1S/C12H14F3N5/c13-12(14,15)10-5-9-11(17-3-4-20(9)19-10)18-8(6-16)7-1-2-7/h3-5,7-8H,1-2,6,16H2,(H,17,18). The van der Waals surface area contributed by atoms with Crippen LogP contribution in [0.25, 0.3) is 5.52 Å². The Morgan fingerprint density at radius 3 is 2.80 bits per heavy atom. The van der Waals surface area contributed by atoms with Crippen LogP contribution in [0.4, 0.5) is 19.0 Å². The van der Waals surface area contributed by atoms with Gasteiger partial charge >= 0.3 is 6.18 Å². The molecule has 20 heavy (non-hydrogen) atoms. The summed E-state index contributed by atoms with van der Waals surface area (Å²) in [6, 6.07) is 1.04. The van der Waals surface area contributed by atoms with Crippen LogP contribution < -0.4 is 11.1 Å². The second-order valence-corrected chi connectivity index (χ2v) is 4.96. The van der Waals surface area contributed by atoms with Gasteiger partial charge in [-0.2, -0.15) is 18.3 Å². The van der Waals surface area contributed by atoms with Crippen molar-refractivity contribution >= 4 is 11.3 Å². The summed E-state index contributed by atoms with van der Waals surface area (Å²) in [4.78, 5) is 4.11. The van der Waals surface area contributed by atoms with Gasteiger partial charge in [-0.3, -0.25) is 0 Å². The summed E-state index contributed by atoms with van der Waals surface area (Å²) in [5.41, 5.74) is 5.07. The van der Waals surface area contributed by atoms with E-state index in [-0.39, 0.29) is 6.04 Å². The Kier molecular flexibility index (Phi) is 3.04. The van der Waals surface area contributed by atoms with E-state index < -0.39 is 11.9 Å². The van der Waals surface area contributed by atoms with E-state index in [0.29, 0.717) is 23.8 Å². The molecule has 2 aromatic heterocycles. The zero-order valence-corrected chi connectivity index (χ0v) is 10.6. The summed E-state index contributed by atoms with van der Waals surface area (Å²) in [5.74, 6) is 0.866. The Morgan fingerprint density at radius 2 is 2.20 bits per heavy atom. The van der Waals surface area contributed by atoms with E-state index in [2.05, 4.69) is 15.4 Å². The molecule has 1 aliphatic rings. The second-order valence-electron chi connectivity index (χ2n) is 4.96. The molecule has 1 aliphatic carbocycles. The summed E-state index contributed by atoms with van der Waals surface area (Å²) in [5, 5.41) is 6.65. The first-order chi connectivity index (χ1) is 9.49. The molecule has 0 aromatic carbocycles. The molecule has 0 aliphatic heterocycles. The lowest BCUT2D eigenvalue weighted by Crippen LogP contribution is -2.31. The maximum absolute atomic E-state index is 12.7. The van der Waals surface area contributed by atoms with Gasteiger partial charge in [-0.1, -0.05) is 0 Å². The molecule has 1 atom stereocenters. The highest BCUT2D eigenvalue weighted by atomic mass is 19.4. The molecule has 0 amide bonds. The van der Waals surface area contributed by atoms with E-state index in [1.54, 1.807) is 0 Å². The van der Waals surface area contributed by atoms with Crippen LogP contribution in [0.3, 0.4) is 0 Å². The smallest absolute Gasteiger partial charge is 0.364 e. The average Bonchev–Trinajstić information content (AvgIpc) is 3.12. The van der Waals surface area contributed by atoms with Crippen molar-refractivity contribution in [3.8, 4) is 0 Å². The van der Waals surface area contributed by atoms with Crippen molar-refractivity contribution in [1.82, 2.24) is 14.6 Å². The summed E-state index contributed by atoms with van der Waals surface area (Å²) < 4.78 is 39.2. The van der Waals surface area contributed by atoms with Gasteiger partial charge in [-0.15, -0.1) is 0 Å². The molecule has 8 heteroatoms. The predicted molar refractivity (Wildman–Crippen MR) is 67.2 cm³/mol. The lowest BCUT2D eigenvalue weighted by Gasteiger charge is -2.16. The Labute approximate surface area is 113 Å². The molecule has 0 saturated heterocycles. The van der Waals surface area contributed by atoms with E-state index >= 15 is 0 Å². The topological polar surface area (TPSA) is 68.2 Å². The fourth-order valence-corrected chi connectivity index (χ4v) is 2.22. The van der Waals surface area contributed by atoms with Crippen LogP contribution in [0.15, 0.2) is 18.5 Å². The fourth-order valence-electron chi connectivity index (χ4n) is 2.22. The molecule has 2 aromatic rings. The summed E-state index contributed by atoms with van der Waals surface area (Å²) in [7, 11) is 0. The van der Waals surface area contributed by atoms with Gasteiger partial charge in [0.15, 0.2) is 11.5 Å². The molecular formula is C12H14F3N5.